The van der Waals surface area contributed by atoms with E-state index in [1.165, 1.54) is 24.3 Å². The number of hydrogen-bond donors (Lipinski definition) is 3. The highest BCUT2D eigenvalue weighted by molar-refractivity contribution is 7.89. The Labute approximate surface area is 168 Å². The van der Waals surface area contributed by atoms with Crippen LogP contribution in [0.5, 0.6) is 0 Å². The Morgan fingerprint density at radius 3 is 2.21 bits per heavy atom. The maximum Gasteiger partial charge on any atom is 0.307 e. The lowest BCUT2D eigenvalue weighted by Gasteiger charge is -2.18. The number of anilines is 1. The quantitative estimate of drug-likeness (QED) is 0.572. The van der Waals surface area contributed by atoms with Gasteiger partial charge < -0.3 is 10.4 Å². The Morgan fingerprint density at radius 2 is 1.68 bits per heavy atom. The second-order valence-corrected chi connectivity index (χ2v) is 8.32. The van der Waals surface area contributed by atoms with E-state index in [1.807, 2.05) is 6.92 Å². The standard InChI is InChI=1S/C19H21ClN2O5S/c1-2-3-17(22-28(26,27)16-10-6-14(20)7-11-16)19(25)21-15-8-4-13(5-9-15)12-18(23)24/h4-11,17,22H,2-3,12H2,1H3,(H,21,25)(H,23,24). The molecule has 0 radical (unpaired) electrons. The number of amides is 1. The van der Waals surface area contributed by atoms with E-state index in [-0.39, 0.29) is 11.3 Å². The summed E-state index contributed by atoms with van der Waals surface area (Å²) in [6.45, 7) is 1.84. The number of benzene rings is 2. The van der Waals surface area contributed by atoms with Crippen molar-refractivity contribution in [3.63, 3.8) is 0 Å². The van der Waals surface area contributed by atoms with Crippen molar-refractivity contribution in [1.82, 2.24) is 4.72 Å². The molecule has 0 aliphatic rings. The third kappa shape index (κ3) is 6.33. The molecule has 0 saturated carbocycles. The number of carbonyl (C=O) groups excluding carboxylic acids is 1. The van der Waals surface area contributed by atoms with Gasteiger partial charge in [-0.1, -0.05) is 37.1 Å². The van der Waals surface area contributed by atoms with Crippen LogP contribution in [0.2, 0.25) is 5.02 Å². The summed E-state index contributed by atoms with van der Waals surface area (Å²) in [5, 5.41) is 11.9. The summed E-state index contributed by atoms with van der Waals surface area (Å²) in [7, 11) is -3.89. The van der Waals surface area contributed by atoms with Gasteiger partial charge in [0.15, 0.2) is 0 Å². The highest BCUT2D eigenvalue weighted by atomic mass is 35.5. The summed E-state index contributed by atoms with van der Waals surface area (Å²) >= 11 is 5.78. The minimum atomic E-state index is -3.89. The predicted molar refractivity (Wildman–Crippen MR) is 107 cm³/mol. The molecule has 3 N–H and O–H groups in total. The number of sulfonamides is 1. The largest absolute Gasteiger partial charge is 0.481 e. The first-order valence-corrected chi connectivity index (χ1v) is 10.5. The van der Waals surface area contributed by atoms with Gasteiger partial charge in [-0.2, -0.15) is 4.72 Å². The van der Waals surface area contributed by atoms with Crippen molar-refractivity contribution >= 4 is 39.2 Å². The lowest BCUT2D eigenvalue weighted by atomic mass is 10.1. The van der Waals surface area contributed by atoms with Crippen LogP contribution < -0.4 is 10.0 Å². The zero-order valence-electron chi connectivity index (χ0n) is 15.2. The molecule has 2 aromatic carbocycles. The number of carbonyl (C=O) groups is 2. The summed E-state index contributed by atoms with van der Waals surface area (Å²) in [6.07, 6.45) is 0.794. The van der Waals surface area contributed by atoms with Gasteiger partial charge in [0, 0.05) is 10.7 Å². The molecule has 7 nitrogen and oxygen atoms in total. The fraction of sp³-hybridized carbons (Fsp3) is 0.263. The first-order chi connectivity index (χ1) is 13.2. The van der Waals surface area contributed by atoms with Gasteiger partial charge in [-0.25, -0.2) is 8.42 Å². The van der Waals surface area contributed by atoms with Crippen LogP contribution in [0, 0.1) is 0 Å². The van der Waals surface area contributed by atoms with Crippen LogP contribution >= 0.6 is 11.6 Å². The summed E-state index contributed by atoms with van der Waals surface area (Å²) in [5.41, 5.74) is 1.05. The van der Waals surface area contributed by atoms with E-state index in [0.29, 0.717) is 29.1 Å². The van der Waals surface area contributed by atoms with Crippen LogP contribution in [0.15, 0.2) is 53.4 Å². The van der Waals surface area contributed by atoms with E-state index in [4.69, 9.17) is 16.7 Å². The molecule has 0 aliphatic carbocycles. The Kier molecular flexibility index (Phi) is 7.56. The fourth-order valence-electron chi connectivity index (χ4n) is 2.51. The molecule has 2 rings (SSSR count). The topological polar surface area (TPSA) is 113 Å². The number of rotatable bonds is 9. The van der Waals surface area contributed by atoms with Crippen molar-refractivity contribution in [2.45, 2.75) is 37.1 Å². The maximum absolute atomic E-state index is 12.6. The molecule has 0 saturated heterocycles. The van der Waals surface area contributed by atoms with Gasteiger partial charge in [-0.15, -0.1) is 0 Å². The summed E-state index contributed by atoms with van der Waals surface area (Å²) in [5.74, 6) is -1.44. The molecule has 1 amide bonds. The normalized spacial score (nSPS) is 12.4. The number of hydrogen-bond acceptors (Lipinski definition) is 4. The molecule has 1 atom stereocenters. The molecule has 0 aromatic heterocycles. The third-order valence-electron chi connectivity index (χ3n) is 3.89. The van der Waals surface area contributed by atoms with E-state index < -0.39 is 27.9 Å². The van der Waals surface area contributed by atoms with Crippen LogP contribution in [0.3, 0.4) is 0 Å². The molecule has 0 spiro atoms. The summed E-state index contributed by atoms with van der Waals surface area (Å²) in [6, 6.07) is 11.0. The van der Waals surface area contributed by atoms with Gasteiger partial charge in [0.2, 0.25) is 15.9 Å². The van der Waals surface area contributed by atoms with E-state index in [9.17, 15) is 18.0 Å². The van der Waals surface area contributed by atoms with Gasteiger partial charge in [-0.05, 0) is 48.4 Å². The molecular formula is C19H21ClN2O5S. The molecule has 0 bridgehead atoms. The van der Waals surface area contributed by atoms with Crippen LogP contribution in [-0.4, -0.2) is 31.4 Å². The van der Waals surface area contributed by atoms with Gasteiger partial charge >= 0.3 is 5.97 Å². The maximum atomic E-state index is 12.6. The van der Waals surface area contributed by atoms with Crippen LogP contribution in [0.1, 0.15) is 25.3 Å². The Morgan fingerprint density at radius 1 is 1.07 bits per heavy atom. The minimum Gasteiger partial charge on any atom is -0.481 e. The number of carboxylic acids is 1. The Hall–Kier alpha value is -2.42. The van der Waals surface area contributed by atoms with Crippen molar-refractivity contribution in [2.75, 3.05) is 5.32 Å². The lowest BCUT2D eigenvalue weighted by Crippen LogP contribution is -2.43. The Bertz CT molecular complexity index is 928. The zero-order valence-corrected chi connectivity index (χ0v) is 16.8. The molecule has 2 aromatic rings. The van der Waals surface area contributed by atoms with Crippen molar-refractivity contribution in [2.24, 2.45) is 0 Å². The van der Waals surface area contributed by atoms with Gasteiger partial charge in [0.05, 0.1) is 11.3 Å². The van der Waals surface area contributed by atoms with Crippen molar-refractivity contribution < 1.29 is 23.1 Å². The molecule has 0 aliphatic heterocycles. The number of aliphatic carboxylic acids is 1. The number of carboxylic acid groups (broad SMARTS) is 1. The van der Waals surface area contributed by atoms with Gasteiger partial charge in [0.25, 0.3) is 0 Å². The van der Waals surface area contributed by atoms with Gasteiger partial charge in [-0.3, -0.25) is 9.59 Å². The molecule has 0 fully saturated rings. The predicted octanol–water partition coefficient (Wildman–Crippen LogP) is 3.05. The second-order valence-electron chi connectivity index (χ2n) is 6.17. The molecular weight excluding hydrogens is 404 g/mol. The average Bonchev–Trinajstić information content (AvgIpc) is 2.63. The second kappa shape index (κ2) is 9.68. The van der Waals surface area contributed by atoms with E-state index >= 15 is 0 Å². The zero-order chi connectivity index (χ0) is 20.7. The lowest BCUT2D eigenvalue weighted by molar-refractivity contribution is -0.136. The summed E-state index contributed by atoms with van der Waals surface area (Å²) < 4.78 is 27.5. The average molecular weight is 425 g/mol. The van der Waals surface area contributed by atoms with E-state index in [0.717, 1.165) is 0 Å². The third-order valence-corrected chi connectivity index (χ3v) is 5.63. The molecule has 150 valence electrons. The smallest absolute Gasteiger partial charge is 0.307 e. The first kappa shape index (κ1) is 21.9. The molecule has 1 unspecified atom stereocenters. The first-order valence-electron chi connectivity index (χ1n) is 8.60. The molecule has 9 heteroatoms. The monoisotopic (exact) mass is 424 g/mol. The molecule has 0 heterocycles. The van der Waals surface area contributed by atoms with E-state index in [2.05, 4.69) is 10.0 Å². The van der Waals surface area contributed by atoms with Gasteiger partial charge in [0.1, 0.15) is 6.04 Å². The van der Waals surface area contributed by atoms with E-state index in [1.54, 1.807) is 24.3 Å². The van der Waals surface area contributed by atoms with Crippen LogP contribution in [0.4, 0.5) is 5.69 Å². The van der Waals surface area contributed by atoms with Crippen molar-refractivity contribution in [1.29, 1.82) is 0 Å². The minimum absolute atomic E-state index is 0.0174. The number of halogens is 1. The SMILES string of the molecule is CCCC(NS(=O)(=O)c1ccc(Cl)cc1)C(=O)Nc1ccc(CC(=O)O)cc1. The van der Waals surface area contributed by atoms with Crippen LogP contribution in [-0.2, 0) is 26.0 Å². The Balaban J connectivity index is 2.10. The number of nitrogens with one attached hydrogen (secondary N) is 2. The van der Waals surface area contributed by atoms with Crippen molar-refractivity contribution in [3.05, 3.63) is 59.1 Å². The van der Waals surface area contributed by atoms with Crippen molar-refractivity contribution in [3.8, 4) is 0 Å². The fourth-order valence-corrected chi connectivity index (χ4v) is 3.87. The molecule has 28 heavy (non-hydrogen) atoms. The van der Waals surface area contributed by atoms with Crippen LogP contribution in [0.25, 0.3) is 0 Å². The summed E-state index contributed by atoms with van der Waals surface area (Å²) in [4.78, 5) is 23.3. The highest BCUT2D eigenvalue weighted by Crippen LogP contribution is 2.16. The highest BCUT2D eigenvalue weighted by Gasteiger charge is 2.25.